The third kappa shape index (κ3) is 2.96. The highest BCUT2D eigenvalue weighted by molar-refractivity contribution is 7.85. The van der Waals surface area contributed by atoms with E-state index < -0.39 is 16.1 Å². The molecule has 0 aliphatic carbocycles. The molecule has 1 heterocycles. The van der Waals surface area contributed by atoms with Gasteiger partial charge in [0.25, 0.3) is 0 Å². The summed E-state index contributed by atoms with van der Waals surface area (Å²) < 4.78 is 42.6. The summed E-state index contributed by atoms with van der Waals surface area (Å²) in [6.45, 7) is 0. The molecule has 22 heavy (non-hydrogen) atoms. The van der Waals surface area contributed by atoms with Gasteiger partial charge in [-0.2, -0.15) is 8.42 Å². The molecule has 0 N–H and O–H groups in total. The summed E-state index contributed by atoms with van der Waals surface area (Å²) in [5.74, 6) is -0.0789. The van der Waals surface area contributed by atoms with Crippen molar-refractivity contribution in [2.45, 2.75) is 0 Å². The fraction of sp³-hybridized carbons (Fsp3) is 0. The second-order valence-electron chi connectivity index (χ2n) is 4.30. The predicted octanol–water partition coefficient (Wildman–Crippen LogP) is 2.26. The lowest BCUT2D eigenvalue weighted by Crippen LogP contribution is -2.19. The van der Waals surface area contributed by atoms with Gasteiger partial charge in [-0.15, -0.1) is 9.19 Å². The number of benzene rings is 2. The van der Waals surface area contributed by atoms with Crippen LogP contribution in [0.1, 0.15) is 0 Å². The molecule has 8 heteroatoms. The standard InChI is InChI=1S/C14H10FN3O3S/c15-12-8-6-11(7-9-12)14-16-10-18(17-14)22(19,20)21-13-4-2-1-3-5-13/h1-10H. The molecule has 0 aliphatic rings. The second-order valence-corrected chi connectivity index (χ2v) is 5.70. The molecule has 0 saturated heterocycles. The van der Waals surface area contributed by atoms with E-state index >= 15 is 0 Å². The summed E-state index contributed by atoms with van der Waals surface area (Å²) in [5.41, 5.74) is 0.495. The lowest BCUT2D eigenvalue weighted by molar-refractivity contribution is 0.469. The average molecular weight is 319 g/mol. The van der Waals surface area contributed by atoms with Crippen molar-refractivity contribution in [3.05, 3.63) is 66.7 Å². The third-order valence-electron chi connectivity index (χ3n) is 2.75. The van der Waals surface area contributed by atoms with Gasteiger partial charge in [0.15, 0.2) is 5.82 Å². The van der Waals surface area contributed by atoms with Crippen LogP contribution in [0.15, 0.2) is 60.9 Å². The first-order chi connectivity index (χ1) is 10.5. The number of para-hydroxylation sites is 1. The van der Waals surface area contributed by atoms with E-state index in [0.717, 1.165) is 6.33 Å². The van der Waals surface area contributed by atoms with Crippen LogP contribution in [0, 0.1) is 5.82 Å². The normalized spacial score (nSPS) is 11.3. The molecule has 3 rings (SSSR count). The van der Waals surface area contributed by atoms with Gasteiger partial charge in [0, 0.05) is 5.56 Å². The quantitative estimate of drug-likeness (QED) is 0.737. The first-order valence-electron chi connectivity index (χ1n) is 6.22. The van der Waals surface area contributed by atoms with Crippen molar-refractivity contribution in [2.24, 2.45) is 0 Å². The first kappa shape index (κ1) is 14.2. The largest absolute Gasteiger partial charge is 0.430 e. The van der Waals surface area contributed by atoms with Crippen LogP contribution in [0.25, 0.3) is 11.4 Å². The summed E-state index contributed by atoms with van der Waals surface area (Å²) in [4.78, 5) is 3.89. The van der Waals surface area contributed by atoms with Crippen LogP contribution in [0.4, 0.5) is 4.39 Å². The maximum Gasteiger partial charge on any atom is 0.430 e. The Balaban J connectivity index is 1.88. The molecule has 0 spiro atoms. The summed E-state index contributed by atoms with van der Waals surface area (Å²) in [6, 6.07) is 13.5. The lowest BCUT2D eigenvalue weighted by Gasteiger charge is -2.05. The Morgan fingerprint density at radius 2 is 1.68 bits per heavy atom. The molecule has 0 atom stereocenters. The number of hydrogen-bond donors (Lipinski definition) is 0. The molecule has 0 unspecified atom stereocenters. The van der Waals surface area contributed by atoms with Gasteiger partial charge in [-0.1, -0.05) is 18.2 Å². The van der Waals surface area contributed by atoms with Crippen LogP contribution < -0.4 is 4.18 Å². The third-order valence-corrected chi connectivity index (χ3v) is 3.79. The Bertz CT molecular complexity index is 877. The van der Waals surface area contributed by atoms with Crippen LogP contribution in [0.5, 0.6) is 5.75 Å². The highest BCUT2D eigenvalue weighted by Crippen LogP contribution is 2.17. The molecule has 6 nitrogen and oxygen atoms in total. The van der Waals surface area contributed by atoms with Crippen LogP contribution in [-0.4, -0.2) is 22.6 Å². The molecule has 2 aromatic carbocycles. The van der Waals surface area contributed by atoms with Gasteiger partial charge >= 0.3 is 10.3 Å². The first-order valence-corrected chi connectivity index (χ1v) is 7.59. The smallest absolute Gasteiger partial charge is 0.365 e. The fourth-order valence-corrected chi connectivity index (χ4v) is 2.49. The molecule has 0 bridgehead atoms. The zero-order valence-corrected chi connectivity index (χ0v) is 11.9. The molecular formula is C14H10FN3O3S. The molecule has 0 radical (unpaired) electrons. The molecule has 1 aromatic heterocycles. The fourth-order valence-electron chi connectivity index (χ4n) is 1.72. The van der Waals surface area contributed by atoms with Crippen LogP contribution in [-0.2, 0) is 10.3 Å². The van der Waals surface area contributed by atoms with E-state index in [1.54, 1.807) is 18.2 Å². The van der Waals surface area contributed by atoms with Gasteiger partial charge in [0.05, 0.1) is 0 Å². The van der Waals surface area contributed by atoms with E-state index in [4.69, 9.17) is 4.18 Å². The van der Waals surface area contributed by atoms with Crippen LogP contribution in [0.3, 0.4) is 0 Å². The number of halogens is 1. The summed E-state index contributed by atoms with van der Waals surface area (Å²) in [7, 11) is -4.14. The van der Waals surface area contributed by atoms with Gasteiger partial charge in [0.1, 0.15) is 17.9 Å². The monoisotopic (exact) mass is 319 g/mol. The molecule has 0 amide bonds. The second kappa shape index (κ2) is 5.57. The molecule has 112 valence electrons. The van der Waals surface area contributed by atoms with Crippen molar-refractivity contribution in [3.63, 3.8) is 0 Å². The van der Waals surface area contributed by atoms with E-state index in [2.05, 4.69) is 10.1 Å². The number of hydrogen-bond acceptors (Lipinski definition) is 5. The van der Waals surface area contributed by atoms with Crippen LogP contribution >= 0.6 is 0 Å². The van der Waals surface area contributed by atoms with Crippen molar-refractivity contribution in [3.8, 4) is 17.1 Å². The minimum Gasteiger partial charge on any atom is -0.365 e. The highest BCUT2D eigenvalue weighted by Gasteiger charge is 2.18. The summed E-state index contributed by atoms with van der Waals surface area (Å²) >= 11 is 0. The van der Waals surface area contributed by atoms with E-state index in [1.807, 2.05) is 0 Å². The minimum absolute atomic E-state index is 0.153. The van der Waals surface area contributed by atoms with Crippen molar-refractivity contribution in [1.82, 2.24) is 14.2 Å². The zero-order valence-electron chi connectivity index (χ0n) is 11.1. The zero-order chi connectivity index (χ0) is 15.6. The van der Waals surface area contributed by atoms with Gasteiger partial charge < -0.3 is 4.18 Å². The topological polar surface area (TPSA) is 74.1 Å². The SMILES string of the molecule is O=S(=O)(Oc1ccccc1)n1cnc(-c2ccc(F)cc2)n1. The van der Waals surface area contributed by atoms with Gasteiger partial charge in [-0.05, 0) is 36.4 Å². The number of nitrogens with zero attached hydrogens (tertiary/aromatic N) is 3. The van der Waals surface area contributed by atoms with E-state index in [0.29, 0.717) is 9.65 Å². The van der Waals surface area contributed by atoms with E-state index in [1.165, 1.54) is 36.4 Å². The van der Waals surface area contributed by atoms with E-state index in [9.17, 15) is 12.8 Å². The van der Waals surface area contributed by atoms with Crippen molar-refractivity contribution < 1.29 is 17.0 Å². The Morgan fingerprint density at radius 1 is 1.00 bits per heavy atom. The number of aromatic nitrogens is 3. The Morgan fingerprint density at radius 3 is 2.36 bits per heavy atom. The number of rotatable bonds is 4. The molecule has 0 aliphatic heterocycles. The van der Waals surface area contributed by atoms with E-state index in [-0.39, 0.29) is 11.6 Å². The molecule has 0 fully saturated rings. The van der Waals surface area contributed by atoms with Crippen LogP contribution in [0.2, 0.25) is 0 Å². The average Bonchev–Trinajstić information content (AvgIpc) is 2.99. The summed E-state index contributed by atoms with van der Waals surface area (Å²) in [5, 5.41) is 3.85. The van der Waals surface area contributed by atoms with Gasteiger partial charge in [-0.3, -0.25) is 0 Å². The Labute approximate surface area is 126 Å². The van der Waals surface area contributed by atoms with Gasteiger partial charge in [0.2, 0.25) is 0 Å². The maximum atomic E-state index is 12.9. The Kier molecular flexibility index (Phi) is 3.60. The van der Waals surface area contributed by atoms with Crippen molar-refractivity contribution in [2.75, 3.05) is 0 Å². The molecular weight excluding hydrogens is 309 g/mol. The highest BCUT2D eigenvalue weighted by atomic mass is 32.2. The minimum atomic E-state index is -4.14. The maximum absolute atomic E-state index is 12.9. The Hall–Kier alpha value is -2.74. The summed E-state index contributed by atoms with van der Waals surface area (Å²) in [6.07, 6.45) is 1.02. The van der Waals surface area contributed by atoms with Crippen molar-refractivity contribution >= 4 is 10.3 Å². The van der Waals surface area contributed by atoms with Gasteiger partial charge in [-0.25, -0.2) is 9.37 Å². The van der Waals surface area contributed by atoms with Crippen molar-refractivity contribution in [1.29, 1.82) is 0 Å². The lowest BCUT2D eigenvalue weighted by atomic mass is 10.2. The predicted molar refractivity (Wildman–Crippen MR) is 76.8 cm³/mol. The molecule has 3 aromatic rings. The molecule has 0 saturated carbocycles.